The maximum Gasteiger partial charge on any atom is 0.161 e. The molecule has 0 aromatic heterocycles. The molecule has 0 heterocycles. The molecule has 1 aromatic rings. The van der Waals surface area contributed by atoms with Crippen LogP contribution < -0.4 is 14.8 Å². The fourth-order valence-electron chi connectivity index (χ4n) is 1.51. The van der Waals surface area contributed by atoms with Crippen LogP contribution in [-0.2, 0) is 11.3 Å². The summed E-state index contributed by atoms with van der Waals surface area (Å²) in [5.74, 6) is 1.56. The average molecular weight is 239 g/mol. The topological polar surface area (TPSA) is 39.7 Å². The predicted octanol–water partition coefficient (Wildman–Crippen LogP) is 1.83. The van der Waals surface area contributed by atoms with Crippen LogP contribution in [0, 0.1) is 0 Å². The normalized spacial score (nSPS) is 10.3. The number of nitrogens with one attached hydrogen (secondary N) is 1. The zero-order valence-electron chi connectivity index (χ0n) is 10.8. The monoisotopic (exact) mass is 239 g/mol. The highest BCUT2D eigenvalue weighted by Gasteiger charge is 2.04. The van der Waals surface area contributed by atoms with Crippen molar-refractivity contribution in [2.75, 3.05) is 34.0 Å². The lowest BCUT2D eigenvalue weighted by molar-refractivity contribution is 0.199. The number of hydrogen-bond acceptors (Lipinski definition) is 4. The van der Waals surface area contributed by atoms with Crippen LogP contribution >= 0.6 is 0 Å². The largest absolute Gasteiger partial charge is 0.493 e. The van der Waals surface area contributed by atoms with Gasteiger partial charge in [0.15, 0.2) is 11.5 Å². The Kier molecular flexibility index (Phi) is 6.43. The summed E-state index contributed by atoms with van der Waals surface area (Å²) in [6.45, 7) is 4.95. The molecule has 0 saturated heterocycles. The molecule has 0 aliphatic heterocycles. The standard InChI is InChI=1S/C13H21NO3/c1-4-17-13-9-11(5-6-12(13)16-3)10-14-7-8-15-2/h5-6,9,14H,4,7-8,10H2,1-3H3. The van der Waals surface area contributed by atoms with Crippen LogP contribution in [0.4, 0.5) is 0 Å². The highest BCUT2D eigenvalue weighted by atomic mass is 16.5. The molecule has 0 spiro atoms. The van der Waals surface area contributed by atoms with E-state index >= 15 is 0 Å². The van der Waals surface area contributed by atoms with Gasteiger partial charge in [0.1, 0.15) is 0 Å². The van der Waals surface area contributed by atoms with Crippen LogP contribution in [0.5, 0.6) is 11.5 Å². The summed E-state index contributed by atoms with van der Waals surface area (Å²) >= 11 is 0. The third-order valence-corrected chi connectivity index (χ3v) is 2.34. The molecule has 0 fully saturated rings. The van der Waals surface area contributed by atoms with Crippen LogP contribution in [0.3, 0.4) is 0 Å². The third kappa shape index (κ3) is 4.63. The molecule has 96 valence electrons. The van der Waals surface area contributed by atoms with Crippen molar-refractivity contribution < 1.29 is 14.2 Å². The zero-order valence-corrected chi connectivity index (χ0v) is 10.8. The van der Waals surface area contributed by atoms with Gasteiger partial charge in [-0.1, -0.05) is 6.07 Å². The van der Waals surface area contributed by atoms with Crippen LogP contribution in [-0.4, -0.2) is 34.0 Å². The van der Waals surface area contributed by atoms with Crippen molar-refractivity contribution in [3.8, 4) is 11.5 Å². The first-order valence-corrected chi connectivity index (χ1v) is 5.81. The summed E-state index contributed by atoms with van der Waals surface area (Å²) < 4.78 is 15.7. The van der Waals surface area contributed by atoms with Crippen molar-refractivity contribution in [1.82, 2.24) is 5.32 Å². The van der Waals surface area contributed by atoms with E-state index in [1.54, 1.807) is 14.2 Å². The van der Waals surface area contributed by atoms with E-state index in [-0.39, 0.29) is 0 Å². The van der Waals surface area contributed by atoms with Gasteiger partial charge in [0.05, 0.1) is 20.3 Å². The van der Waals surface area contributed by atoms with E-state index in [0.29, 0.717) is 13.2 Å². The Morgan fingerprint density at radius 2 is 2.00 bits per heavy atom. The number of rotatable bonds is 8. The third-order valence-electron chi connectivity index (χ3n) is 2.34. The molecule has 17 heavy (non-hydrogen) atoms. The molecule has 1 aromatic carbocycles. The fraction of sp³-hybridized carbons (Fsp3) is 0.538. The Hall–Kier alpha value is -1.26. The first kappa shape index (κ1) is 13.8. The molecule has 0 bridgehead atoms. The first-order valence-electron chi connectivity index (χ1n) is 5.81. The molecule has 0 atom stereocenters. The molecule has 0 amide bonds. The van der Waals surface area contributed by atoms with Gasteiger partial charge in [-0.2, -0.15) is 0 Å². The number of benzene rings is 1. The van der Waals surface area contributed by atoms with Crippen LogP contribution in [0.1, 0.15) is 12.5 Å². The molecule has 0 aliphatic carbocycles. The van der Waals surface area contributed by atoms with Crippen LogP contribution in [0.2, 0.25) is 0 Å². The van der Waals surface area contributed by atoms with E-state index in [0.717, 1.165) is 24.6 Å². The lowest BCUT2D eigenvalue weighted by atomic mass is 10.2. The molecular formula is C13H21NO3. The second kappa shape index (κ2) is 7.92. The smallest absolute Gasteiger partial charge is 0.161 e. The van der Waals surface area contributed by atoms with Crippen LogP contribution in [0.25, 0.3) is 0 Å². The predicted molar refractivity (Wildman–Crippen MR) is 67.7 cm³/mol. The van der Waals surface area contributed by atoms with E-state index in [9.17, 15) is 0 Å². The molecule has 0 radical (unpaired) electrons. The van der Waals surface area contributed by atoms with Crippen molar-refractivity contribution >= 4 is 0 Å². The molecule has 4 heteroatoms. The SMILES string of the molecule is CCOc1cc(CNCCOC)ccc1OC. The minimum atomic E-state index is 0.636. The number of hydrogen-bond donors (Lipinski definition) is 1. The highest BCUT2D eigenvalue weighted by molar-refractivity contribution is 5.42. The Labute approximate surface area is 103 Å². The lowest BCUT2D eigenvalue weighted by Gasteiger charge is -2.11. The molecule has 0 unspecified atom stereocenters. The Morgan fingerprint density at radius 3 is 2.65 bits per heavy atom. The van der Waals surface area contributed by atoms with Gasteiger partial charge >= 0.3 is 0 Å². The Balaban J connectivity index is 2.57. The molecule has 0 saturated carbocycles. The highest BCUT2D eigenvalue weighted by Crippen LogP contribution is 2.27. The zero-order chi connectivity index (χ0) is 12.5. The van der Waals surface area contributed by atoms with Crippen molar-refractivity contribution in [3.63, 3.8) is 0 Å². The molecular weight excluding hydrogens is 218 g/mol. The molecule has 0 aliphatic rings. The maximum atomic E-state index is 5.52. The van der Waals surface area contributed by atoms with Crippen LogP contribution in [0.15, 0.2) is 18.2 Å². The van der Waals surface area contributed by atoms with E-state index in [1.165, 1.54) is 5.56 Å². The van der Waals surface area contributed by atoms with Gasteiger partial charge in [0.2, 0.25) is 0 Å². The average Bonchev–Trinajstić information content (AvgIpc) is 2.35. The molecule has 1 rings (SSSR count). The minimum Gasteiger partial charge on any atom is -0.493 e. The fourth-order valence-corrected chi connectivity index (χ4v) is 1.51. The van der Waals surface area contributed by atoms with Gasteiger partial charge in [-0.05, 0) is 24.6 Å². The molecule has 1 N–H and O–H groups in total. The second-order valence-electron chi connectivity index (χ2n) is 3.59. The maximum absolute atomic E-state index is 5.52. The summed E-state index contributed by atoms with van der Waals surface area (Å²) in [7, 11) is 3.34. The van der Waals surface area contributed by atoms with Gasteiger partial charge in [-0.25, -0.2) is 0 Å². The second-order valence-corrected chi connectivity index (χ2v) is 3.59. The van der Waals surface area contributed by atoms with Gasteiger partial charge in [0, 0.05) is 20.2 Å². The first-order chi connectivity index (χ1) is 8.31. The Bertz CT molecular complexity index is 328. The summed E-state index contributed by atoms with van der Waals surface area (Å²) in [6.07, 6.45) is 0. The molecule has 4 nitrogen and oxygen atoms in total. The summed E-state index contributed by atoms with van der Waals surface area (Å²) in [6, 6.07) is 5.96. The lowest BCUT2D eigenvalue weighted by Crippen LogP contribution is -2.18. The van der Waals surface area contributed by atoms with Crippen molar-refractivity contribution in [1.29, 1.82) is 0 Å². The van der Waals surface area contributed by atoms with Crippen molar-refractivity contribution in [2.45, 2.75) is 13.5 Å². The number of ether oxygens (including phenoxy) is 3. The van der Waals surface area contributed by atoms with Crippen molar-refractivity contribution in [3.05, 3.63) is 23.8 Å². The van der Waals surface area contributed by atoms with E-state index in [4.69, 9.17) is 14.2 Å². The van der Waals surface area contributed by atoms with E-state index < -0.39 is 0 Å². The summed E-state index contributed by atoms with van der Waals surface area (Å²) in [5, 5.41) is 3.29. The van der Waals surface area contributed by atoms with Gasteiger partial charge in [0.25, 0.3) is 0 Å². The minimum absolute atomic E-state index is 0.636. The Morgan fingerprint density at radius 1 is 1.18 bits per heavy atom. The quantitative estimate of drug-likeness (QED) is 0.703. The van der Waals surface area contributed by atoms with E-state index in [2.05, 4.69) is 5.32 Å². The summed E-state index contributed by atoms with van der Waals surface area (Å²) in [4.78, 5) is 0. The summed E-state index contributed by atoms with van der Waals surface area (Å²) in [5.41, 5.74) is 1.17. The van der Waals surface area contributed by atoms with Gasteiger partial charge in [-0.15, -0.1) is 0 Å². The van der Waals surface area contributed by atoms with Gasteiger partial charge in [-0.3, -0.25) is 0 Å². The van der Waals surface area contributed by atoms with E-state index in [1.807, 2.05) is 25.1 Å². The number of methoxy groups -OCH3 is 2. The van der Waals surface area contributed by atoms with Gasteiger partial charge < -0.3 is 19.5 Å². The van der Waals surface area contributed by atoms with Crippen molar-refractivity contribution in [2.24, 2.45) is 0 Å².